The summed E-state index contributed by atoms with van der Waals surface area (Å²) in [5.41, 5.74) is 1.19. The SMILES string of the molecule is CCC(Sc1cccc[n+]1[O-])c1ccc(Cl)cc1. The average molecular weight is 280 g/mol. The summed E-state index contributed by atoms with van der Waals surface area (Å²) in [5.74, 6) is 0. The lowest BCUT2D eigenvalue weighted by Crippen LogP contribution is -2.27. The van der Waals surface area contributed by atoms with Gasteiger partial charge in [-0.1, -0.05) is 30.7 Å². The van der Waals surface area contributed by atoms with E-state index < -0.39 is 0 Å². The lowest BCUT2D eigenvalue weighted by atomic mass is 10.1. The molecule has 1 aromatic carbocycles. The van der Waals surface area contributed by atoms with E-state index in [1.165, 1.54) is 11.8 Å². The molecule has 18 heavy (non-hydrogen) atoms. The van der Waals surface area contributed by atoms with Crippen LogP contribution in [0.25, 0.3) is 0 Å². The van der Waals surface area contributed by atoms with E-state index in [1.54, 1.807) is 17.8 Å². The Bertz CT molecular complexity index is 515. The van der Waals surface area contributed by atoms with Gasteiger partial charge >= 0.3 is 0 Å². The Morgan fingerprint density at radius 2 is 1.94 bits per heavy atom. The van der Waals surface area contributed by atoms with Gasteiger partial charge in [-0.25, -0.2) is 0 Å². The molecule has 94 valence electrons. The highest BCUT2D eigenvalue weighted by Crippen LogP contribution is 2.36. The fourth-order valence-corrected chi connectivity index (χ4v) is 2.91. The Kier molecular flexibility index (Phi) is 4.50. The molecule has 0 saturated carbocycles. The van der Waals surface area contributed by atoms with E-state index in [0.717, 1.165) is 21.2 Å². The van der Waals surface area contributed by atoms with Crippen molar-refractivity contribution in [2.75, 3.05) is 0 Å². The summed E-state index contributed by atoms with van der Waals surface area (Å²) < 4.78 is 0.906. The van der Waals surface area contributed by atoms with Crippen LogP contribution >= 0.6 is 23.4 Å². The molecule has 0 aliphatic rings. The smallest absolute Gasteiger partial charge is 0.251 e. The van der Waals surface area contributed by atoms with E-state index in [1.807, 2.05) is 36.4 Å². The molecule has 0 radical (unpaired) electrons. The van der Waals surface area contributed by atoms with E-state index >= 15 is 0 Å². The van der Waals surface area contributed by atoms with Crippen LogP contribution in [-0.2, 0) is 0 Å². The van der Waals surface area contributed by atoms with Gasteiger partial charge in [0.15, 0.2) is 6.20 Å². The van der Waals surface area contributed by atoms with Gasteiger partial charge in [-0.15, -0.1) is 0 Å². The minimum absolute atomic E-state index is 0.268. The lowest BCUT2D eigenvalue weighted by molar-refractivity contribution is -0.645. The zero-order valence-corrected chi connectivity index (χ0v) is 11.6. The van der Waals surface area contributed by atoms with Crippen molar-refractivity contribution in [3.63, 3.8) is 0 Å². The molecular formula is C14H14ClNOS. The number of rotatable bonds is 4. The average Bonchev–Trinajstić information content (AvgIpc) is 2.39. The topological polar surface area (TPSA) is 26.9 Å². The molecule has 0 saturated heterocycles. The van der Waals surface area contributed by atoms with Crippen LogP contribution < -0.4 is 4.73 Å². The highest BCUT2D eigenvalue weighted by molar-refractivity contribution is 7.99. The monoisotopic (exact) mass is 279 g/mol. The van der Waals surface area contributed by atoms with Gasteiger partial charge in [-0.05, 0) is 41.9 Å². The first-order valence-electron chi connectivity index (χ1n) is 5.81. The van der Waals surface area contributed by atoms with Gasteiger partial charge in [-0.2, -0.15) is 4.73 Å². The highest BCUT2D eigenvalue weighted by Gasteiger charge is 2.15. The Labute approximate surface area is 116 Å². The number of pyridine rings is 1. The molecule has 1 heterocycles. The van der Waals surface area contributed by atoms with Crippen LogP contribution in [-0.4, -0.2) is 0 Å². The number of halogens is 1. The summed E-state index contributed by atoms with van der Waals surface area (Å²) in [6.07, 6.45) is 2.48. The van der Waals surface area contributed by atoms with E-state index in [9.17, 15) is 5.21 Å². The molecule has 0 spiro atoms. The van der Waals surface area contributed by atoms with Gasteiger partial charge in [0.05, 0.1) is 0 Å². The zero-order valence-electron chi connectivity index (χ0n) is 10.0. The summed E-state index contributed by atoms with van der Waals surface area (Å²) in [6.45, 7) is 2.12. The second-order valence-corrected chi connectivity index (χ2v) is 5.59. The molecule has 0 aliphatic carbocycles. The molecule has 4 heteroatoms. The van der Waals surface area contributed by atoms with Gasteiger partial charge < -0.3 is 5.21 Å². The van der Waals surface area contributed by atoms with Crippen LogP contribution in [0.1, 0.15) is 24.2 Å². The maximum atomic E-state index is 11.6. The molecule has 1 aromatic heterocycles. The van der Waals surface area contributed by atoms with Crippen molar-refractivity contribution < 1.29 is 4.73 Å². The van der Waals surface area contributed by atoms with Crippen molar-refractivity contribution in [1.29, 1.82) is 0 Å². The molecular weight excluding hydrogens is 266 g/mol. The summed E-state index contributed by atoms with van der Waals surface area (Å²) in [6, 6.07) is 13.3. The van der Waals surface area contributed by atoms with Crippen LogP contribution in [0.2, 0.25) is 5.02 Å². The van der Waals surface area contributed by atoms with E-state index in [0.29, 0.717) is 0 Å². The predicted molar refractivity (Wildman–Crippen MR) is 75.7 cm³/mol. The molecule has 0 aliphatic heterocycles. The standard InChI is InChI=1S/C14H14ClNOS/c1-2-13(11-6-8-12(15)9-7-11)18-14-5-3-4-10-16(14)17/h3-10,13H,2H2,1H3. The Hall–Kier alpha value is -1.19. The lowest BCUT2D eigenvalue weighted by Gasteiger charge is -2.14. The van der Waals surface area contributed by atoms with Crippen molar-refractivity contribution in [1.82, 2.24) is 0 Å². The van der Waals surface area contributed by atoms with Crippen molar-refractivity contribution in [3.8, 4) is 0 Å². The molecule has 0 fully saturated rings. The minimum Gasteiger partial charge on any atom is -0.618 e. The molecule has 0 amide bonds. The number of thioether (sulfide) groups is 1. The van der Waals surface area contributed by atoms with Crippen molar-refractivity contribution in [2.24, 2.45) is 0 Å². The summed E-state index contributed by atoms with van der Waals surface area (Å²) >= 11 is 7.47. The predicted octanol–water partition coefficient (Wildman–Crippen LogP) is 4.22. The number of hydrogen-bond donors (Lipinski definition) is 0. The maximum Gasteiger partial charge on any atom is 0.251 e. The second-order valence-electron chi connectivity index (χ2n) is 3.93. The molecule has 2 aromatic rings. The highest BCUT2D eigenvalue weighted by atomic mass is 35.5. The molecule has 1 unspecified atom stereocenters. The number of hydrogen-bond acceptors (Lipinski definition) is 2. The summed E-state index contributed by atoms with van der Waals surface area (Å²) in [5, 5.41) is 13.4. The number of aromatic nitrogens is 1. The van der Waals surface area contributed by atoms with Gasteiger partial charge in [0, 0.05) is 22.4 Å². The third-order valence-electron chi connectivity index (χ3n) is 2.66. The van der Waals surface area contributed by atoms with Gasteiger partial charge in [-0.3, -0.25) is 0 Å². The van der Waals surface area contributed by atoms with Gasteiger partial charge in [0.2, 0.25) is 0 Å². The molecule has 0 bridgehead atoms. The van der Waals surface area contributed by atoms with E-state index in [2.05, 4.69) is 6.92 Å². The minimum atomic E-state index is 0.268. The van der Waals surface area contributed by atoms with Crippen molar-refractivity contribution in [2.45, 2.75) is 23.6 Å². The van der Waals surface area contributed by atoms with Crippen LogP contribution in [0.3, 0.4) is 0 Å². The normalized spacial score (nSPS) is 12.3. The van der Waals surface area contributed by atoms with Crippen molar-refractivity contribution in [3.05, 3.63) is 64.5 Å². The molecule has 1 atom stereocenters. The van der Waals surface area contributed by atoms with E-state index in [4.69, 9.17) is 11.6 Å². The van der Waals surface area contributed by atoms with Crippen LogP contribution in [0.5, 0.6) is 0 Å². The third kappa shape index (κ3) is 3.18. The molecule has 2 rings (SSSR count). The van der Waals surface area contributed by atoms with Crippen LogP contribution in [0.15, 0.2) is 53.7 Å². The summed E-state index contributed by atoms with van der Waals surface area (Å²) in [7, 11) is 0. The van der Waals surface area contributed by atoms with Crippen LogP contribution in [0.4, 0.5) is 0 Å². The van der Waals surface area contributed by atoms with Gasteiger partial charge in [0.1, 0.15) is 0 Å². The Balaban J connectivity index is 2.20. The zero-order chi connectivity index (χ0) is 13.0. The quantitative estimate of drug-likeness (QED) is 0.476. The van der Waals surface area contributed by atoms with Crippen molar-refractivity contribution >= 4 is 23.4 Å². The first-order chi connectivity index (χ1) is 8.70. The van der Waals surface area contributed by atoms with Gasteiger partial charge in [0.25, 0.3) is 5.03 Å². The second kappa shape index (κ2) is 6.12. The molecule has 2 nitrogen and oxygen atoms in total. The largest absolute Gasteiger partial charge is 0.618 e. The Morgan fingerprint density at radius 1 is 1.22 bits per heavy atom. The third-order valence-corrected chi connectivity index (χ3v) is 4.36. The molecule has 0 N–H and O–H groups in total. The first kappa shape index (κ1) is 13.2. The number of nitrogens with zero attached hydrogens (tertiary/aromatic N) is 1. The number of benzene rings is 1. The van der Waals surface area contributed by atoms with Crippen LogP contribution in [0, 0.1) is 5.21 Å². The Morgan fingerprint density at radius 3 is 2.56 bits per heavy atom. The fourth-order valence-electron chi connectivity index (χ4n) is 1.71. The summed E-state index contributed by atoms with van der Waals surface area (Å²) in [4.78, 5) is 0. The fraction of sp³-hybridized carbons (Fsp3) is 0.214. The van der Waals surface area contributed by atoms with E-state index in [-0.39, 0.29) is 5.25 Å². The maximum absolute atomic E-state index is 11.6. The first-order valence-corrected chi connectivity index (χ1v) is 7.06.